The summed E-state index contributed by atoms with van der Waals surface area (Å²) in [6, 6.07) is 2.55. The minimum absolute atomic E-state index is 0.0222. The summed E-state index contributed by atoms with van der Waals surface area (Å²) < 4.78 is 56.8. The van der Waals surface area contributed by atoms with Gasteiger partial charge in [-0.05, 0) is 24.6 Å². The maximum Gasteiger partial charge on any atom is 0.345 e. The highest BCUT2D eigenvalue weighted by atomic mass is 35.5. The molecule has 0 radical (unpaired) electrons. The quantitative estimate of drug-likeness (QED) is 0.626. The van der Waals surface area contributed by atoms with Crippen LogP contribution in [0.3, 0.4) is 0 Å². The van der Waals surface area contributed by atoms with E-state index in [9.17, 15) is 26.8 Å². The lowest BCUT2D eigenvalue weighted by atomic mass is 10.1. The fraction of sp³-hybridized carbons (Fsp3) is 0.167. The van der Waals surface area contributed by atoms with Crippen molar-refractivity contribution < 1.29 is 31.5 Å². The molecule has 2 N–H and O–H groups in total. The largest absolute Gasteiger partial charge is 0.345 e. The van der Waals surface area contributed by atoms with Gasteiger partial charge in [0.1, 0.15) is 0 Å². The summed E-state index contributed by atoms with van der Waals surface area (Å²) in [6.45, 7) is -2.99. The number of hydrogen-bond acceptors (Lipinski definition) is 6. The fourth-order valence-corrected chi connectivity index (χ4v) is 4.62. The number of aromatic amines is 1. The first-order valence-corrected chi connectivity index (χ1v) is 10.6. The number of H-pyrrole nitrogens is 1. The number of carbonyl (C=O) groups excluding carboxylic acids is 2. The van der Waals surface area contributed by atoms with Crippen LogP contribution >= 0.6 is 11.6 Å². The number of benzene rings is 1. The molecule has 1 aliphatic heterocycles. The Bertz CT molecular complexity index is 1230. The molecule has 1 unspecified atom stereocenters. The highest BCUT2D eigenvalue weighted by Crippen LogP contribution is 2.37. The summed E-state index contributed by atoms with van der Waals surface area (Å²) in [7, 11) is -4.20. The van der Waals surface area contributed by atoms with Crippen LogP contribution in [0.2, 0.25) is 5.02 Å². The lowest BCUT2D eigenvalue weighted by Crippen LogP contribution is -2.29. The summed E-state index contributed by atoms with van der Waals surface area (Å²) in [6.07, 6.45) is 5.09. The minimum Gasteiger partial charge on any atom is -0.315 e. The maximum absolute atomic E-state index is 12.9. The average Bonchev–Trinajstić information content (AvgIpc) is 3.31. The van der Waals surface area contributed by atoms with Crippen LogP contribution in [0.25, 0.3) is 0 Å². The molecule has 9 nitrogen and oxygen atoms in total. The van der Waals surface area contributed by atoms with Crippen LogP contribution in [0.5, 0.6) is 0 Å². The number of amides is 2. The van der Waals surface area contributed by atoms with E-state index < -0.39 is 34.6 Å². The Balaban J connectivity index is 1.65. The number of fused-ring (bicyclic) bond motifs is 1. The number of rotatable bonds is 6. The Kier molecular flexibility index (Phi) is 5.37. The van der Waals surface area contributed by atoms with Gasteiger partial charge >= 0.3 is 6.61 Å². The van der Waals surface area contributed by atoms with Gasteiger partial charge in [0, 0.05) is 6.20 Å². The number of anilines is 2. The molecular formula is C18H13ClF2N4O5S. The maximum atomic E-state index is 12.9. The zero-order chi connectivity index (χ0) is 22.3. The Labute approximate surface area is 179 Å². The van der Waals surface area contributed by atoms with Crippen LogP contribution in [0.15, 0.2) is 47.7 Å². The smallest absolute Gasteiger partial charge is 0.315 e. The van der Waals surface area contributed by atoms with E-state index in [2.05, 4.69) is 19.7 Å². The van der Waals surface area contributed by atoms with Gasteiger partial charge in [0.2, 0.25) is 0 Å². The molecule has 1 aromatic heterocycles. The first-order valence-electron chi connectivity index (χ1n) is 8.74. The van der Waals surface area contributed by atoms with Gasteiger partial charge in [-0.3, -0.25) is 19.4 Å². The molecule has 0 spiro atoms. The Morgan fingerprint density at radius 3 is 2.61 bits per heavy atom. The van der Waals surface area contributed by atoms with E-state index in [1.165, 1.54) is 36.7 Å². The highest BCUT2D eigenvalue weighted by molar-refractivity contribution is 7.96. The van der Waals surface area contributed by atoms with Crippen molar-refractivity contribution in [1.29, 1.82) is 0 Å². The van der Waals surface area contributed by atoms with Gasteiger partial charge in [-0.15, -0.1) is 0 Å². The predicted octanol–water partition coefficient (Wildman–Crippen LogP) is 3.06. The van der Waals surface area contributed by atoms with E-state index in [0.717, 1.165) is 11.0 Å². The number of hydrogen-bond donors (Lipinski definition) is 2. The van der Waals surface area contributed by atoms with Gasteiger partial charge in [-0.25, -0.2) is 13.3 Å². The molecule has 31 heavy (non-hydrogen) atoms. The molecule has 2 heterocycles. The Morgan fingerprint density at radius 1 is 1.26 bits per heavy atom. The van der Waals surface area contributed by atoms with E-state index in [4.69, 9.17) is 11.6 Å². The summed E-state index contributed by atoms with van der Waals surface area (Å²) >= 11 is 6.11. The number of halogens is 3. The zero-order valence-electron chi connectivity index (χ0n) is 15.4. The normalized spacial score (nSPS) is 18.5. The van der Waals surface area contributed by atoms with E-state index in [0.29, 0.717) is 0 Å². The number of nitrogens with zero attached hydrogens (tertiary/aromatic N) is 2. The SMILES string of the molecule is O=C1c2c(Cl)ccc(NS(=O)(=O)C3=CCC(OC(F)F)C=C3)c2C(=O)N1c1cn[nH]c1. The van der Waals surface area contributed by atoms with Crippen molar-refractivity contribution in [3.63, 3.8) is 0 Å². The monoisotopic (exact) mass is 470 g/mol. The minimum atomic E-state index is -4.20. The standard InChI is InChI=1S/C18H13ClF2N4O5S/c19-12-5-6-13(15-14(12)16(26)25(17(15)27)9-7-22-23-8-9)24-31(28,29)11-3-1-10(2-4-11)30-18(20)21/h1,3-8,10,18,24H,2H2,(H,22,23). The van der Waals surface area contributed by atoms with Crippen LogP contribution in [-0.2, 0) is 14.8 Å². The van der Waals surface area contributed by atoms with E-state index in [-0.39, 0.29) is 38.9 Å². The van der Waals surface area contributed by atoms with Gasteiger partial charge in [-0.1, -0.05) is 23.8 Å². The summed E-state index contributed by atoms with van der Waals surface area (Å²) in [5.41, 5.74) is -0.337. The van der Waals surface area contributed by atoms with Gasteiger partial charge in [0.25, 0.3) is 21.8 Å². The van der Waals surface area contributed by atoms with Gasteiger partial charge in [0.15, 0.2) is 0 Å². The van der Waals surface area contributed by atoms with Crippen molar-refractivity contribution in [2.24, 2.45) is 0 Å². The number of ether oxygens (including phenoxy) is 1. The summed E-state index contributed by atoms with van der Waals surface area (Å²) in [4.78, 5) is 26.3. The Hall–Kier alpha value is -3.09. The second-order valence-corrected chi connectivity index (χ2v) is 8.58. The van der Waals surface area contributed by atoms with Gasteiger partial charge < -0.3 is 4.74 Å². The number of sulfonamides is 1. The predicted molar refractivity (Wildman–Crippen MR) is 106 cm³/mol. The van der Waals surface area contributed by atoms with Crippen LogP contribution < -0.4 is 9.62 Å². The van der Waals surface area contributed by atoms with Crippen molar-refractivity contribution in [2.75, 3.05) is 9.62 Å². The van der Waals surface area contributed by atoms with Crippen LogP contribution in [0.1, 0.15) is 27.1 Å². The molecule has 4 rings (SSSR count). The molecule has 0 saturated heterocycles. The molecule has 2 aromatic rings. The molecule has 1 atom stereocenters. The molecule has 0 bridgehead atoms. The third kappa shape index (κ3) is 3.84. The fourth-order valence-electron chi connectivity index (χ4n) is 3.23. The van der Waals surface area contributed by atoms with Crippen molar-refractivity contribution in [3.05, 3.63) is 63.8 Å². The zero-order valence-corrected chi connectivity index (χ0v) is 17.0. The number of imide groups is 1. The molecule has 162 valence electrons. The van der Waals surface area contributed by atoms with Crippen molar-refractivity contribution in [2.45, 2.75) is 19.1 Å². The third-order valence-electron chi connectivity index (χ3n) is 4.59. The summed E-state index contributed by atoms with van der Waals surface area (Å²) in [5.74, 6) is -1.50. The number of nitrogens with one attached hydrogen (secondary N) is 2. The highest BCUT2D eigenvalue weighted by Gasteiger charge is 2.41. The van der Waals surface area contributed by atoms with Crippen LogP contribution in [-0.4, -0.2) is 43.1 Å². The van der Waals surface area contributed by atoms with Crippen LogP contribution in [0.4, 0.5) is 20.2 Å². The lowest BCUT2D eigenvalue weighted by Gasteiger charge is -2.17. The van der Waals surface area contributed by atoms with Crippen molar-refractivity contribution in [1.82, 2.24) is 10.2 Å². The van der Waals surface area contributed by atoms with Crippen molar-refractivity contribution in [3.8, 4) is 0 Å². The topological polar surface area (TPSA) is 121 Å². The molecule has 0 saturated carbocycles. The van der Waals surface area contributed by atoms with Gasteiger partial charge in [0.05, 0.1) is 44.7 Å². The molecule has 1 aromatic carbocycles. The lowest BCUT2D eigenvalue weighted by molar-refractivity contribution is -0.149. The van der Waals surface area contributed by atoms with Gasteiger partial charge in [-0.2, -0.15) is 13.9 Å². The Morgan fingerprint density at radius 2 is 2.00 bits per heavy atom. The average molecular weight is 471 g/mol. The first-order chi connectivity index (χ1) is 14.7. The molecular weight excluding hydrogens is 458 g/mol. The van der Waals surface area contributed by atoms with E-state index in [1.54, 1.807) is 0 Å². The number of alkyl halides is 2. The first kappa shape index (κ1) is 21.2. The molecule has 0 fully saturated rings. The third-order valence-corrected chi connectivity index (χ3v) is 6.32. The summed E-state index contributed by atoms with van der Waals surface area (Å²) in [5, 5.41) is 6.17. The number of aromatic nitrogens is 2. The van der Waals surface area contributed by atoms with E-state index >= 15 is 0 Å². The molecule has 2 amide bonds. The molecule has 13 heteroatoms. The number of allylic oxidation sites excluding steroid dienone is 1. The molecule has 1 aliphatic carbocycles. The van der Waals surface area contributed by atoms with E-state index in [1.807, 2.05) is 0 Å². The second kappa shape index (κ2) is 7.87. The second-order valence-electron chi connectivity index (χ2n) is 6.49. The number of carbonyl (C=O) groups is 2. The van der Waals surface area contributed by atoms with Crippen molar-refractivity contribution >= 4 is 44.8 Å². The van der Waals surface area contributed by atoms with Crippen LogP contribution in [0, 0.1) is 0 Å². The molecule has 2 aliphatic rings.